The molecule has 2 aromatic heterocycles. The number of benzene rings is 1. The van der Waals surface area contributed by atoms with Gasteiger partial charge in [0.05, 0.1) is 16.6 Å². The third-order valence-electron chi connectivity index (χ3n) is 6.19. The van der Waals surface area contributed by atoms with Gasteiger partial charge in [-0.15, -0.1) is 5.10 Å². The Morgan fingerprint density at radius 1 is 1.26 bits per heavy atom. The average molecular weight is 426 g/mol. The van der Waals surface area contributed by atoms with Crippen LogP contribution in [-0.4, -0.2) is 44.4 Å². The van der Waals surface area contributed by atoms with Gasteiger partial charge in [0, 0.05) is 6.61 Å². The van der Waals surface area contributed by atoms with Crippen molar-refractivity contribution in [3.8, 4) is 0 Å². The predicted octanol–water partition coefficient (Wildman–Crippen LogP) is 1.65. The van der Waals surface area contributed by atoms with Crippen LogP contribution in [0.5, 0.6) is 0 Å². The molecule has 1 aliphatic heterocycles. The van der Waals surface area contributed by atoms with Crippen LogP contribution in [0.25, 0.3) is 10.9 Å². The Bertz CT molecular complexity index is 1120. The number of quaternary nitrogens is 1. The maximum Gasteiger partial charge on any atom is 0.257 e. The van der Waals surface area contributed by atoms with Crippen LogP contribution in [0.4, 0.5) is 0 Å². The third-order valence-corrected chi connectivity index (χ3v) is 6.19. The number of hydrogen-bond donors (Lipinski definition) is 2. The van der Waals surface area contributed by atoms with E-state index in [9.17, 15) is 4.79 Å². The van der Waals surface area contributed by atoms with Crippen LogP contribution in [0.15, 0.2) is 23.0 Å². The second-order valence-electron chi connectivity index (χ2n) is 9.72. The number of H-pyrrole nitrogens is 1. The van der Waals surface area contributed by atoms with Crippen LogP contribution >= 0.6 is 0 Å². The number of aromatic nitrogens is 5. The SMILES string of the molecule is Cc1ccc2cc(C[NH+](Cc3nnnn3C(C)(C)C)C[C@@H]3CCCO3)c(=O)[nH]c2c1C. The fourth-order valence-corrected chi connectivity index (χ4v) is 4.37. The molecule has 1 aromatic carbocycles. The lowest BCUT2D eigenvalue weighted by Crippen LogP contribution is -3.10. The first-order chi connectivity index (χ1) is 14.7. The highest BCUT2D eigenvalue weighted by Gasteiger charge is 2.27. The molecule has 2 N–H and O–H groups in total. The molecule has 1 saturated heterocycles. The number of aryl methyl sites for hydroxylation is 2. The summed E-state index contributed by atoms with van der Waals surface area (Å²) in [7, 11) is 0. The predicted molar refractivity (Wildman–Crippen MR) is 119 cm³/mol. The monoisotopic (exact) mass is 425 g/mol. The Balaban J connectivity index is 1.65. The zero-order valence-electron chi connectivity index (χ0n) is 19.2. The zero-order chi connectivity index (χ0) is 22.2. The van der Waals surface area contributed by atoms with E-state index >= 15 is 0 Å². The number of ether oxygens (including phenoxy) is 1. The number of aromatic amines is 1. The smallest absolute Gasteiger partial charge is 0.257 e. The van der Waals surface area contributed by atoms with E-state index in [-0.39, 0.29) is 17.2 Å². The Morgan fingerprint density at radius 2 is 2.06 bits per heavy atom. The summed E-state index contributed by atoms with van der Waals surface area (Å²) >= 11 is 0. The Morgan fingerprint density at radius 3 is 2.77 bits per heavy atom. The molecule has 1 fully saturated rings. The van der Waals surface area contributed by atoms with E-state index in [1.165, 1.54) is 10.5 Å². The van der Waals surface area contributed by atoms with Crippen molar-refractivity contribution in [2.24, 2.45) is 0 Å². The molecule has 0 saturated carbocycles. The van der Waals surface area contributed by atoms with Crippen molar-refractivity contribution >= 4 is 10.9 Å². The first kappa shape index (κ1) is 21.6. The molecular formula is C23H33N6O2+. The average Bonchev–Trinajstić information content (AvgIpc) is 3.38. The number of nitrogens with zero attached hydrogens (tertiary/aromatic N) is 4. The molecule has 166 valence electrons. The lowest BCUT2D eigenvalue weighted by Gasteiger charge is -2.24. The number of pyridine rings is 1. The topological polar surface area (TPSA) is 90.1 Å². The number of hydrogen-bond acceptors (Lipinski definition) is 5. The van der Waals surface area contributed by atoms with Crippen molar-refractivity contribution in [1.82, 2.24) is 25.2 Å². The van der Waals surface area contributed by atoms with Gasteiger partial charge in [-0.2, -0.15) is 0 Å². The van der Waals surface area contributed by atoms with Gasteiger partial charge in [0.2, 0.25) is 5.82 Å². The van der Waals surface area contributed by atoms with Gasteiger partial charge in [0.25, 0.3) is 5.56 Å². The van der Waals surface area contributed by atoms with Crippen LogP contribution in [0.2, 0.25) is 0 Å². The normalized spacial score (nSPS) is 18.0. The Kier molecular flexibility index (Phi) is 5.94. The number of fused-ring (bicyclic) bond motifs is 1. The van der Waals surface area contributed by atoms with Crippen LogP contribution in [0.1, 0.15) is 56.1 Å². The molecule has 1 unspecified atom stereocenters. The highest BCUT2D eigenvalue weighted by molar-refractivity contribution is 5.83. The summed E-state index contributed by atoms with van der Waals surface area (Å²) in [6.07, 6.45) is 2.35. The summed E-state index contributed by atoms with van der Waals surface area (Å²) in [6.45, 7) is 13.2. The second kappa shape index (κ2) is 8.51. The van der Waals surface area contributed by atoms with Gasteiger partial charge < -0.3 is 14.6 Å². The third kappa shape index (κ3) is 4.70. The molecule has 0 aliphatic carbocycles. The first-order valence-corrected chi connectivity index (χ1v) is 11.1. The molecule has 4 rings (SSSR count). The van der Waals surface area contributed by atoms with E-state index in [4.69, 9.17) is 4.74 Å². The quantitative estimate of drug-likeness (QED) is 0.627. The molecule has 0 amide bonds. The van der Waals surface area contributed by atoms with E-state index in [0.717, 1.165) is 53.8 Å². The molecule has 2 atom stereocenters. The Labute approximate surface area is 182 Å². The second-order valence-corrected chi connectivity index (χ2v) is 9.72. The van der Waals surface area contributed by atoms with Crippen molar-refractivity contribution in [1.29, 1.82) is 0 Å². The minimum atomic E-state index is -0.205. The lowest BCUT2D eigenvalue weighted by molar-refractivity contribution is -0.931. The van der Waals surface area contributed by atoms with Crippen molar-refractivity contribution in [2.45, 2.75) is 72.2 Å². The van der Waals surface area contributed by atoms with Gasteiger partial charge in [0.15, 0.2) is 0 Å². The molecule has 31 heavy (non-hydrogen) atoms. The fraction of sp³-hybridized carbons (Fsp3) is 0.565. The van der Waals surface area contributed by atoms with Crippen molar-refractivity contribution in [3.63, 3.8) is 0 Å². The molecule has 0 spiro atoms. The molecule has 8 nitrogen and oxygen atoms in total. The van der Waals surface area contributed by atoms with Crippen LogP contribution in [0, 0.1) is 13.8 Å². The molecule has 1 aliphatic rings. The minimum absolute atomic E-state index is 0.0264. The molecule has 3 heterocycles. The highest BCUT2D eigenvalue weighted by atomic mass is 16.5. The van der Waals surface area contributed by atoms with Crippen LogP contribution in [0.3, 0.4) is 0 Å². The molecule has 0 radical (unpaired) electrons. The highest BCUT2D eigenvalue weighted by Crippen LogP contribution is 2.19. The summed E-state index contributed by atoms with van der Waals surface area (Å²) < 4.78 is 7.78. The van der Waals surface area contributed by atoms with Crippen LogP contribution in [-0.2, 0) is 23.4 Å². The van der Waals surface area contributed by atoms with Gasteiger partial charge in [-0.05, 0) is 80.5 Å². The van der Waals surface area contributed by atoms with Gasteiger partial charge in [0.1, 0.15) is 25.7 Å². The van der Waals surface area contributed by atoms with Crippen LogP contribution < -0.4 is 10.5 Å². The summed E-state index contributed by atoms with van der Waals surface area (Å²) in [4.78, 5) is 17.3. The number of nitrogens with one attached hydrogen (secondary N) is 2. The Hall–Kier alpha value is -2.58. The maximum absolute atomic E-state index is 13.0. The minimum Gasteiger partial charge on any atom is -0.372 e. The van der Waals surface area contributed by atoms with Crippen molar-refractivity contribution in [2.75, 3.05) is 13.2 Å². The van der Waals surface area contributed by atoms with E-state index in [0.29, 0.717) is 13.1 Å². The fourth-order valence-electron chi connectivity index (χ4n) is 4.37. The van der Waals surface area contributed by atoms with Crippen molar-refractivity contribution < 1.29 is 9.64 Å². The summed E-state index contributed by atoms with van der Waals surface area (Å²) in [6, 6.07) is 6.22. The van der Waals surface area contributed by atoms with E-state index < -0.39 is 0 Å². The number of tetrazole rings is 1. The van der Waals surface area contributed by atoms with Gasteiger partial charge in [-0.3, -0.25) is 4.79 Å². The standard InChI is InChI=1S/C23H32N6O2/c1-15-8-9-17-11-18(22(30)24-21(17)16(15)2)12-28(13-19-7-6-10-31-19)14-20-25-26-27-29(20)23(3,4)5/h8-9,11,19H,6-7,10,12-14H2,1-5H3,(H,24,30)/p+1/t19-/m0/s1. The number of rotatable bonds is 6. The maximum atomic E-state index is 13.0. The summed E-state index contributed by atoms with van der Waals surface area (Å²) in [5.41, 5.74) is 3.76. The van der Waals surface area contributed by atoms with Crippen molar-refractivity contribution in [3.05, 3.63) is 51.1 Å². The molecular weight excluding hydrogens is 392 g/mol. The molecule has 0 bridgehead atoms. The summed E-state index contributed by atoms with van der Waals surface area (Å²) in [5, 5.41) is 13.5. The largest absolute Gasteiger partial charge is 0.372 e. The van der Waals surface area contributed by atoms with Gasteiger partial charge >= 0.3 is 0 Å². The first-order valence-electron chi connectivity index (χ1n) is 11.1. The molecule has 8 heteroatoms. The lowest BCUT2D eigenvalue weighted by atomic mass is 10.0. The van der Waals surface area contributed by atoms with E-state index in [1.807, 2.05) is 10.7 Å². The van der Waals surface area contributed by atoms with E-state index in [1.54, 1.807) is 0 Å². The van der Waals surface area contributed by atoms with Gasteiger partial charge in [-0.25, -0.2) is 4.68 Å². The summed E-state index contributed by atoms with van der Waals surface area (Å²) in [5.74, 6) is 0.823. The molecule has 3 aromatic rings. The zero-order valence-corrected chi connectivity index (χ0v) is 19.2. The van der Waals surface area contributed by atoms with Gasteiger partial charge in [-0.1, -0.05) is 12.1 Å². The van der Waals surface area contributed by atoms with E-state index in [2.05, 4.69) is 67.3 Å².